The highest BCUT2D eigenvalue weighted by atomic mass is 16.7. The molecule has 114 valence electrons. The summed E-state index contributed by atoms with van der Waals surface area (Å²) in [5.74, 6) is 1.61. The number of aryl methyl sites for hydroxylation is 1. The largest absolute Gasteiger partial charge is 0.454 e. The molecule has 4 rings (SSSR count). The predicted octanol–water partition coefficient (Wildman–Crippen LogP) is 2.34. The Morgan fingerprint density at radius 2 is 2.00 bits per heavy atom. The maximum Gasteiger partial charge on any atom is 0.231 e. The lowest BCUT2D eigenvalue weighted by atomic mass is 9.92. The summed E-state index contributed by atoms with van der Waals surface area (Å²) in [6.07, 6.45) is 1.91. The summed E-state index contributed by atoms with van der Waals surface area (Å²) in [5, 5.41) is 13.6. The summed E-state index contributed by atoms with van der Waals surface area (Å²) >= 11 is 0. The van der Waals surface area contributed by atoms with Crippen LogP contribution in [-0.2, 0) is 18.5 Å². The lowest BCUT2D eigenvalue weighted by Crippen LogP contribution is -2.43. The van der Waals surface area contributed by atoms with Gasteiger partial charge in [-0.25, -0.2) is 0 Å². The number of aliphatic hydroxyl groups excluding tert-OH is 1. The highest BCUT2D eigenvalue weighted by Gasteiger charge is 2.37. The van der Waals surface area contributed by atoms with Crippen molar-refractivity contribution in [3.63, 3.8) is 0 Å². The summed E-state index contributed by atoms with van der Waals surface area (Å²) in [5.41, 5.74) is 3.23. The third-order valence-electron chi connectivity index (χ3n) is 4.72. The molecule has 1 aliphatic heterocycles. The zero-order valence-electron chi connectivity index (χ0n) is 12.3. The van der Waals surface area contributed by atoms with E-state index in [9.17, 15) is 5.11 Å². The summed E-state index contributed by atoms with van der Waals surface area (Å²) in [7, 11) is 0. The summed E-state index contributed by atoms with van der Waals surface area (Å²) < 4.78 is 11.0. The molecule has 4 heteroatoms. The molecule has 2 aromatic carbocycles. The number of hydrogen-bond acceptors (Lipinski definition) is 4. The number of para-hydroxylation sites is 1. The smallest absolute Gasteiger partial charge is 0.231 e. The summed E-state index contributed by atoms with van der Waals surface area (Å²) in [6.45, 7) is 1.01. The number of ether oxygens (including phenoxy) is 2. The fraction of sp³-hybridized carbons (Fsp3) is 0.333. The van der Waals surface area contributed by atoms with Gasteiger partial charge in [0.2, 0.25) is 6.79 Å². The topological polar surface area (TPSA) is 50.7 Å². The second kappa shape index (κ2) is 5.30. The first kappa shape index (κ1) is 13.6. The van der Waals surface area contributed by atoms with Crippen LogP contribution in [0, 0.1) is 0 Å². The van der Waals surface area contributed by atoms with Crippen LogP contribution < -0.4 is 14.8 Å². The Hall–Kier alpha value is -2.04. The molecule has 0 bridgehead atoms. The maximum atomic E-state index is 10.0. The van der Waals surface area contributed by atoms with Crippen molar-refractivity contribution in [2.45, 2.75) is 24.9 Å². The van der Waals surface area contributed by atoms with Gasteiger partial charge >= 0.3 is 0 Å². The van der Waals surface area contributed by atoms with E-state index < -0.39 is 0 Å². The van der Waals surface area contributed by atoms with E-state index in [4.69, 9.17) is 9.47 Å². The minimum Gasteiger partial charge on any atom is -0.454 e. The molecule has 0 saturated carbocycles. The number of benzene rings is 2. The minimum atomic E-state index is -0.362. The molecule has 0 amide bonds. The highest BCUT2D eigenvalue weighted by molar-refractivity contribution is 5.48. The van der Waals surface area contributed by atoms with E-state index in [2.05, 4.69) is 23.5 Å². The Morgan fingerprint density at radius 1 is 1.09 bits per heavy atom. The van der Waals surface area contributed by atoms with Crippen LogP contribution in [0.15, 0.2) is 42.5 Å². The van der Waals surface area contributed by atoms with Crippen molar-refractivity contribution < 1.29 is 14.6 Å². The highest BCUT2D eigenvalue weighted by Crippen LogP contribution is 2.39. The summed E-state index contributed by atoms with van der Waals surface area (Å²) in [4.78, 5) is 0. The maximum absolute atomic E-state index is 10.0. The van der Waals surface area contributed by atoms with E-state index in [-0.39, 0.29) is 18.9 Å². The first-order valence-corrected chi connectivity index (χ1v) is 7.64. The van der Waals surface area contributed by atoms with Crippen LogP contribution in [0.1, 0.15) is 23.1 Å². The molecule has 1 aliphatic carbocycles. The van der Waals surface area contributed by atoms with E-state index in [0.29, 0.717) is 6.54 Å². The molecule has 2 aliphatic rings. The number of rotatable bonds is 4. The zero-order chi connectivity index (χ0) is 15.0. The summed E-state index contributed by atoms with van der Waals surface area (Å²) in [6, 6.07) is 14.3. The van der Waals surface area contributed by atoms with Crippen LogP contribution >= 0.6 is 0 Å². The van der Waals surface area contributed by atoms with Gasteiger partial charge in [0.05, 0.1) is 12.1 Å². The molecular weight excluding hydrogens is 278 g/mol. The van der Waals surface area contributed by atoms with Crippen LogP contribution in [0.3, 0.4) is 0 Å². The Morgan fingerprint density at radius 3 is 2.91 bits per heavy atom. The quantitative estimate of drug-likeness (QED) is 0.909. The average molecular weight is 297 g/mol. The van der Waals surface area contributed by atoms with Gasteiger partial charge in [0.25, 0.3) is 0 Å². The number of fused-ring (bicyclic) bond motifs is 2. The molecule has 22 heavy (non-hydrogen) atoms. The van der Waals surface area contributed by atoms with Crippen LogP contribution in [0.5, 0.6) is 11.5 Å². The normalized spacial score (nSPS) is 21.9. The third-order valence-corrected chi connectivity index (χ3v) is 4.72. The van der Waals surface area contributed by atoms with E-state index >= 15 is 0 Å². The fourth-order valence-corrected chi connectivity index (χ4v) is 3.49. The molecule has 1 unspecified atom stereocenters. The molecule has 1 atom stereocenters. The van der Waals surface area contributed by atoms with Gasteiger partial charge in [0.1, 0.15) is 0 Å². The standard InChI is InChI=1S/C18H19NO3/c20-11-18(9-8-13-4-1-2-6-15(13)18)19-10-14-5-3-7-16-17(14)22-12-21-16/h1-7,19-20H,8-12H2. The van der Waals surface area contributed by atoms with Crippen molar-refractivity contribution in [2.24, 2.45) is 0 Å². The molecule has 0 spiro atoms. The van der Waals surface area contributed by atoms with Crippen LogP contribution in [0.2, 0.25) is 0 Å². The van der Waals surface area contributed by atoms with Crippen molar-refractivity contribution in [3.8, 4) is 11.5 Å². The predicted molar refractivity (Wildman–Crippen MR) is 82.9 cm³/mol. The van der Waals surface area contributed by atoms with Crippen LogP contribution in [-0.4, -0.2) is 18.5 Å². The van der Waals surface area contributed by atoms with Crippen molar-refractivity contribution >= 4 is 0 Å². The van der Waals surface area contributed by atoms with Gasteiger partial charge in [0, 0.05) is 12.1 Å². The monoisotopic (exact) mass is 297 g/mol. The van der Waals surface area contributed by atoms with E-state index in [1.54, 1.807) is 0 Å². The second-order valence-electron chi connectivity index (χ2n) is 5.90. The van der Waals surface area contributed by atoms with Gasteiger partial charge in [0.15, 0.2) is 11.5 Å². The molecular formula is C18H19NO3. The van der Waals surface area contributed by atoms with Gasteiger partial charge in [-0.3, -0.25) is 0 Å². The van der Waals surface area contributed by atoms with E-state index in [1.165, 1.54) is 11.1 Å². The fourth-order valence-electron chi connectivity index (χ4n) is 3.49. The Bertz CT molecular complexity index is 700. The SMILES string of the molecule is OCC1(NCc2cccc3c2OCO3)CCc2ccccc21. The molecule has 0 radical (unpaired) electrons. The number of nitrogens with one attached hydrogen (secondary N) is 1. The molecule has 1 heterocycles. The average Bonchev–Trinajstić information content (AvgIpc) is 3.18. The Kier molecular flexibility index (Phi) is 3.28. The van der Waals surface area contributed by atoms with Crippen molar-refractivity contribution in [1.82, 2.24) is 5.32 Å². The van der Waals surface area contributed by atoms with Crippen molar-refractivity contribution in [3.05, 3.63) is 59.2 Å². The third kappa shape index (κ3) is 2.07. The van der Waals surface area contributed by atoms with Crippen LogP contribution in [0.25, 0.3) is 0 Å². The first-order valence-electron chi connectivity index (χ1n) is 7.64. The van der Waals surface area contributed by atoms with Gasteiger partial charge < -0.3 is 19.9 Å². The molecule has 0 fully saturated rings. The van der Waals surface area contributed by atoms with Crippen molar-refractivity contribution in [1.29, 1.82) is 0 Å². The molecule has 2 N–H and O–H groups in total. The van der Waals surface area contributed by atoms with Crippen molar-refractivity contribution in [2.75, 3.05) is 13.4 Å². The second-order valence-corrected chi connectivity index (χ2v) is 5.90. The van der Waals surface area contributed by atoms with Crippen LogP contribution in [0.4, 0.5) is 0 Å². The number of aliphatic hydroxyl groups is 1. The molecule has 0 aromatic heterocycles. The molecule has 0 saturated heterocycles. The lowest BCUT2D eigenvalue weighted by molar-refractivity contribution is 0.157. The molecule has 2 aromatic rings. The van der Waals surface area contributed by atoms with E-state index in [0.717, 1.165) is 29.9 Å². The lowest BCUT2D eigenvalue weighted by Gasteiger charge is -2.30. The van der Waals surface area contributed by atoms with Gasteiger partial charge in [-0.2, -0.15) is 0 Å². The number of hydrogen-bond donors (Lipinski definition) is 2. The first-order chi connectivity index (χ1) is 10.8. The zero-order valence-corrected chi connectivity index (χ0v) is 12.3. The minimum absolute atomic E-state index is 0.0936. The Balaban J connectivity index is 1.60. The Labute approximate surface area is 129 Å². The van der Waals surface area contributed by atoms with Gasteiger partial charge in [-0.1, -0.05) is 36.4 Å². The van der Waals surface area contributed by atoms with Gasteiger partial charge in [-0.15, -0.1) is 0 Å². The van der Waals surface area contributed by atoms with Gasteiger partial charge in [-0.05, 0) is 30.0 Å². The van der Waals surface area contributed by atoms with E-state index in [1.807, 2.05) is 24.3 Å². The molecule has 4 nitrogen and oxygen atoms in total.